The van der Waals surface area contributed by atoms with Gasteiger partial charge >= 0.3 is 0 Å². The van der Waals surface area contributed by atoms with Crippen LogP contribution >= 0.6 is 0 Å². The zero-order valence-electron chi connectivity index (χ0n) is 8.40. The molecule has 0 saturated carbocycles. The molecule has 0 heteroatoms. The molecule has 0 aromatic heterocycles. The van der Waals surface area contributed by atoms with E-state index in [4.69, 9.17) is 0 Å². The molecule has 0 N–H and O–H groups in total. The highest BCUT2D eigenvalue weighted by molar-refractivity contribution is 5.12. The van der Waals surface area contributed by atoms with Crippen molar-refractivity contribution in [3.63, 3.8) is 0 Å². The van der Waals surface area contributed by atoms with Crippen molar-refractivity contribution in [1.29, 1.82) is 0 Å². The molecular formula is C12H20. The summed E-state index contributed by atoms with van der Waals surface area (Å²) in [6, 6.07) is 0. The molecule has 0 radical (unpaired) electrons. The number of hydrogen-bond donors (Lipinski definition) is 0. The summed E-state index contributed by atoms with van der Waals surface area (Å²) in [6.07, 6.45) is 8.76. The van der Waals surface area contributed by atoms with Crippen LogP contribution in [0.1, 0.15) is 39.5 Å². The maximum atomic E-state index is 3.87. The SMILES string of the molecule is C=CC(=C)CCC=C(C)CCC. The van der Waals surface area contributed by atoms with Crippen LogP contribution in [0.4, 0.5) is 0 Å². The first kappa shape index (κ1) is 11.2. The first-order valence-electron chi connectivity index (χ1n) is 4.66. The maximum Gasteiger partial charge on any atom is -0.0250 e. The van der Waals surface area contributed by atoms with Crippen molar-refractivity contribution in [2.75, 3.05) is 0 Å². The normalized spacial score (nSPS) is 11.3. The van der Waals surface area contributed by atoms with E-state index in [1.54, 1.807) is 0 Å². The molecule has 0 aliphatic heterocycles. The Morgan fingerprint density at radius 2 is 2.00 bits per heavy atom. The molecule has 0 aliphatic rings. The van der Waals surface area contributed by atoms with Gasteiger partial charge in [0, 0.05) is 0 Å². The summed E-state index contributed by atoms with van der Waals surface area (Å²) in [7, 11) is 0. The summed E-state index contributed by atoms with van der Waals surface area (Å²) in [5, 5.41) is 0. The fourth-order valence-electron chi connectivity index (χ4n) is 1.10. The lowest BCUT2D eigenvalue weighted by Gasteiger charge is -1.98. The molecule has 0 aromatic rings. The fourth-order valence-corrected chi connectivity index (χ4v) is 1.10. The van der Waals surface area contributed by atoms with Crippen LogP contribution in [0.5, 0.6) is 0 Å². The molecule has 0 aliphatic carbocycles. The minimum absolute atomic E-state index is 1.05. The fraction of sp³-hybridized carbons (Fsp3) is 0.500. The second-order valence-electron chi connectivity index (χ2n) is 3.20. The van der Waals surface area contributed by atoms with Crippen LogP contribution in [0.3, 0.4) is 0 Å². The van der Waals surface area contributed by atoms with Crippen LogP contribution in [0.15, 0.2) is 36.5 Å². The zero-order chi connectivity index (χ0) is 9.40. The van der Waals surface area contributed by atoms with E-state index >= 15 is 0 Å². The first-order valence-corrected chi connectivity index (χ1v) is 4.66. The van der Waals surface area contributed by atoms with Crippen LogP contribution in [0.25, 0.3) is 0 Å². The second kappa shape index (κ2) is 6.90. The third kappa shape index (κ3) is 5.96. The molecule has 12 heavy (non-hydrogen) atoms. The van der Waals surface area contributed by atoms with Crippen molar-refractivity contribution in [2.24, 2.45) is 0 Å². The van der Waals surface area contributed by atoms with Gasteiger partial charge in [-0.1, -0.05) is 49.8 Å². The Bertz CT molecular complexity index is 172. The minimum Gasteiger partial charge on any atom is -0.0988 e. The summed E-state index contributed by atoms with van der Waals surface area (Å²) < 4.78 is 0. The van der Waals surface area contributed by atoms with Crippen molar-refractivity contribution in [1.82, 2.24) is 0 Å². The average Bonchev–Trinajstić information content (AvgIpc) is 2.04. The minimum atomic E-state index is 1.05. The van der Waals surface area contributed by atoms with E-state index in [1.807, 2.05) is 6.08 Å². The molecule has 0 spiro atoms. The Kier molecular flexibility index (Phi) is 6.45. The Morgan fingerprint density at radius 1 is 1.33 bits per heavy atom. The highest BCUT2D eigenvalue weighted by Gasteiger charge is 1.88. The highest BCUT2D eigenvalue weighted by Crippen LogP contribution is 2.09. The molecule has 0 heterocycles. The molecular weight excluding hydrogens is 144 g/mol. The lowest BCUT2D eigenvalue weighted by Crippen LogP contribution is -1.78. The van der Waals surface area contributed by atoms with Gasteiger partial charge in [-0.25, -0.2) is 0 Å². The van der Waals surface area contributed by atoms with Gasteiger partial charge in [0.1, 0.15) is 0 Å². The lowest BCUT2D eigenvalue weighted by atomic mass is 10.1. The third-order valence-corrected chi connectivity index (χ3v) is 1.89. The number of rotatable bonds is 6. The molecule has 0 bridgehead atoms. The van der Waals surface area contributed by atoms with E-state index in [0.717, 1.165) is 18.4 Å². The Hall–Kier alpha value is -0.780. The number of hydrogen-bond acceptors (Lipinski definition) is 0. The Labute approximate surface area is 76.7 Å². The molecule has 0 saturated heterocycles. The van der Waals surface area contributed by atoms with E-state index in [0.29, 0.717) is 0 Å². The molecule has 0 fully saturated rings. The van der Waals surface area contributed by atoms with Gasteiger partial charge in [0.2, 0.25) is 0 Å². The van der Waals surface area contributed by atoms with E-state index in [-0.39, 0.29) is 0 Å². The highest BCUT2D eigenvalue weighted by atomic mass is 13.9. The van der Waals surface area contributed by atoms with Gasteiger partial charge < -0.3 is 0 Å². The van der Waals surface area contributed by atoms with Crippen molar-refractivity contribution in [2.45, 2.75) is 39.5 Å². The molecule has 68 valence electrons. The smallest absolute Gasteiger partial charge is 0.0250 e. The van der Waals surface area contributed by atoms with Gasteiger partial charge in [-0.3, -0.25) is 0 Å². The summed E-state index contributed by atoms with van der Waals surface area (Å²) in [5.41, 5.74) is 2.63. The molecule has 0 unspecified atom stereocenters. The Morgan fingerprint density at radius 3 is 2.50 bits per heavy atom. The maximum absolute atomic E-state index is 3.87. The Balaban J connectivity index is 3.58. The summed E-state index contributed by atoms with van der Waals surface area (Å²) in [6.45, 7) is 11.9. The predicted molar refractivity (Wildman–Crippen MR) is 57.2 cm³/mol. The van der Waals surface area contributed by atoms with Crippen LogP contribution in [-0.2, 0) is 0 Å². The molecule has 0 aromatic carbocycles. The van der Waals surface area contributed by atoms with Gasteiger partial charge in [0.05, 0.1) is 0 Å². The topological polar surface area (TPSA) is 0 Å². The quantitative estimate of drug-likeness (QED) is 0.406. The van der Waals surface area contributed by atoms with E-state index in [2.05, 4.69) is 33.1 Å². The van der Waals surface area contributed by atoms with Gasteiger partial charge in [0.25, 0.3) is 0 Å². The molecule has 0 rings (SSSR count). The van der Waals surface area contributed by atoms with Gasteiger partial charge in [-0.2, -0.15) is 0 Å². The van der Waals surface area contributed by atoms with Crippen molar-refractivity contribution in [3.05, 3.63) is 36.5 Å². The molecule has 0 atom stereocenters. The largest absolute Gasteiger partial charge is 0.0988 e. The van der Waals surface area contributed by atoms with Crippen molar-refractivity contribution in [3.8, 4) is 0 Å². The van der Waals surface area contributed by atoms with Crippen LogP contribution in [0, 0.1) is 0 Å². The van der Waals surface area contributed by atoms with Crippen molar-refractivity contribution < 1.29 is 0 Å². The first-order chi connectivity index (χ1) is 5.70. The van der Waals surface area contributed by atoms with Crippen LogP contribution < -0.4 is 0 Å². The number of allylic oxidation sites excluding steroid dienone is 4. The zero-order valence-corrected chi connectivity index (χ0v) is 8.40. The summed E-state index contributed by atoms with van der Waals surface area (Å²) in [5.74, 6) is 0. The predicted octanol–water partition coefficient (Wildman–Crippen LogP) is 4.26. The second-order valence-corrected chi connectivity index (χ2v) is 3.20. The third-order valence-electron chi connectivity index (χ3n) is 1.89. The average molecular weight is 164 g/mol. The van der Waals surface area contributed by atoms with Crippen molar-refractivity contribution >= 4 is 0 Å². The van der Waals surface area contributed by atoms with Gasteiger partial charge in [-0.15, -0.1) is 0 Å². The van der Waals surface area contributed by atoms with Gasteiger partial charge in [0.15, 0.2) is 0 Å². The van der Waals surface area contributed by atoms with E-state index in [1.165, 1.54) is 18.4 Å². The molecule has 0 nitrogen and oxygen atoms in total. The van der Waals surface area contributed by atoms with Gasteiger partial charge in [-0.05, 0) is 26.2 Å². The standard InChI is InChI=1S/C12H20/c1-5-8-12(4)10-7-9-11(3)6-2/h6,10H,2-3,5,7-9H2,1,4H3. The van der Waals surface area contributed by atoms with Crippen LogP contribution in [-0.4, -0.2) is 0 Å². The summed E-state index contributed by atoms with van der Waals surface area (Å²) >= 11 is 0. The summed E-state index contributed by atoms with van der Waals surface area (Å²) in [4.78, 5) is 0. The molecule has 0 amide bonds. The van der Waals surface area contributed by atoms with Crippen LogP contribution in [0.2, 0.25) is 0 Å². The lowest BCUT2D eigenvalue weighted by molar-refractivity contribution is 0.885. The van der Waals surface area contributed by atoms with E-state index < -0.39 is 0 Å². The van der Waals surface area contributed by atoms with E-state index in [9.17, 15) is 0 Å². The monoisotopic (exact) mass is 164 g/mol.